The summed E-state index contributed by atoms with van der Waals surface area (Å²) in [6.45, 7) is 0. The number of hydrogen-bond donors (Lipinski definition) is 0. The summed E-state index contributed by atoms with van der Waals surface area (Å²) >= 11 is 9.66. The smallest absolute Gasteiger partial charge is 0.260 e. The zero-order chi connectivity index (χ0) is 18.7. The fraction of sp³-hybridized carbons (Fsp3) is 0.105. The zero-order valence-corrected chi connectivity index (χ0v) is 16.8. The van der Waals surface area contributed by atoms with E-state index in [1.54, 1.807) is 6.20 Å². The van der Waals surface area contributed by atoms with Crippen molar-refractivity contribution in [1.82, 2.24) is 24.3 Å². The number of nitrogens with zero attached hydrogens (tertiary/aromatic N) is 5. The van der Waals surface area contributed by atoms with Gasteiger partial charge in [-0.15, -0.1) is 0 Å². The fourth-order valence-corrected chi connectivity index (χ4v) is 3.89. The van der Waals surface area contributed by atoms with E-state index in [0.29, 0.717) is 16.7 Å². The molecule has 0 atom stereocenters. The number of pyridine rings is 1. The van der Waals surface area contributed by atoms with Crippen molar-refractivity contribution in [3.8, 4) is 22.8 Å². The van der Waals surface area contributed by atoms with Gasteiger partial charge in [0.25, 0.3) is 5.89 Å². The minimum absolute atomic E-state index is 0.453. The van der Waals surface area contributed by atoms with Crippen LogP contribution in [0, 0.1) is 0 Å². The second-order valence-electron chi connectivity index (χ2n) is 6.42. The molecule has 4 heterocycles. The normalized spacial score (nSPS) is 11.7. The summed E-state index contributed by atoms with van der Waals surface area (Å²) in [7, 11) is 3.92. The number of rotatable bonds is 2. The number of aryl methyl sites for hydroxylation is 2. The highest BCUT2D eigenvalue weighted by molar-refractivity contribution is 9.10. The summed E-state index contributed by atoms with van der Waals surface area (Å²) in [6.07, 6.45) is 5.70. The first-order chi connectivity index (χ1) is 13.0. The van der Waals surface area contributed by atoms with Crippen LogP contribution in [-0.4, -0.2) is 24.3 Å². The molecule has 8 heteroatoms. The Hall–Kier alpha value is -2.64. The molecule has 0 aliphatic carbocycles. The number of halogens is 2. The Balaban J connectivity index is 1.68. The minimum atomic E-state index is 0.453. The quantitative estimate of drug-likeness (QED) is 0.377. The Labute approximate surface area is 167 Å². The van der Waals surface area contributed by atoms with Gasteiger partial charge in [0, 0.05) is 64.0 Å². The lowest BCUT2D eigenvalue weighted by atomic mass is 10.1. The van der Waals surface area contributed by atoms with Crippen molar-refractivity contribution in [3.05, 3.63) is 52.4 Å². The van der Waals surface area contributed by atoms with E-state index in [0.717, 1.165) is 37.5 Å². The summed E-state index contributed by atoms with van der Waals surface area (Å²) in [6, 6.07) is 7.77. The van der Waals surface area contributed by atoms with Crippen LogP contribution in [0.25, 0.3) is 44.8 Å². The highest BCUT2D eigenvalue weighted by Gasteiger charge is 2.19. The first-order valence-corrected chi connectivity index (χ1v) is 9.38. The van der Waals surface area contributed by atoms with Crippen molar-refractivity contribution in [3.63, 3.8) is 0 Å². The van der Waals surface area contributed by atoms with Gasteiger partial charge in [-0.1, -0.05) is 16.8 Å². The lowest BCUT2D eigenvalue weighted by molar-refractivity contribution is 0.432. The third-order valence-electron chi connectivity index (χ3n) is 4.63. The van der Waals surface area contributed by atoms with Crippen LogP contribution in [-0.2, 0) is 14.1 Å². The number of fused-ring (bicyclic) bond motifs is 2. The molecule has 0 amide bonds. The molecular weight excluding hydrogens is 430 g/mol. The van der Waals surface area contributed by atoms with Crippen LogP contribution in [0.5, 0.6) is 0 Å². The molecule has 0 spiro atoms. The van der Waals surface area contributed by atoms with Gasteiger partial charge in [-0.3, -0.25) is 0 Å². The second-order valence-corrected chi connectivity index (χ2v) is 7.77. The SMILES string of the molecule is Cn1cc(-c2noc(-c3cn(C)c4ncc(Br)cc34)n2)c2cc(Cl)ccc21. The third kappa shape index (κ3) is 2.57. The highest BCUT2D eigenvalue weighted by atomic mass is 79.9. The molecule has 5 rings (SSSR count). The number of aromatic nitrogens is 5. The van der Waals surface area contributed by atoms with Crippen molar-refractivity contribution in [2.75, 3.05) is 0 Å². The molecule has 0 aliphatic rings. The maximum Gasteiger partial charge on any atom is 0.260 e. The topological polar surface area (TPSA) is 61.7 Å². The van der Waals surface area contributed by atoms with Crippen molar-refractivity contribution in [2.45, 2.75) is 0 Å². The predicted octanol–water partition coefficient (Wildman–Crippen LogP) is 5.20. The van der Waals surface area contributed by atoms with Crippen molar-refractivity contribution in [1.29, 1.82) is 0 Å². The van der Waals surface area contributed by atoms with Crippen LogP contribution < -0.4 is 0 Å². The van der Waals surface area contributed by atoms with Crippen molar-refractivity contribution in [2.24, 2.45) is 14.1 Å². The van der Waals surface area contributed by atoms with Gasteiger partial charge in [0.15, 0.2) is 0 Å². The zero-order valence-electron chi connectivity index (χ0n) is 14.4. The van der Waals surface area contributed by atoms with Crippen LogP contribution >= 0.6 is 27.5 Å². The molecule has 0 saturated carbocycles. The van der Waals surface area contributed by atoms with Gasteiger partial charge < -0.3 is 13.7 Å². The highest BCUT2D eigenvalue weighted by Crippen LogP contribution is 2.34. The van der Waals surface area contributed by atoms with E-state index < -0.39 is 0 Å². The Bertz CT molecular complexity index is 1230. The predicted molar refractivity (Wildman–Crippen MR) is 109 cm³/mol. The summed E-state index contributed by atoms with van der Waals surface area (Å²) < 4.78 is 10.5. The van der Waals surface area contributed by atoms with Gasteiger partial charge in [0.2, 0.25) is 5.82 Å². The van der Waals surface area contributed by atoms with Crippen molar-refractivity contribution >= 4 is 49.5 Å². The summed E-state index contributed by atoms with van der Waals surface area (Å²) in [5.41, 5.74) is 3.63. The van der Waals surface area contributed by atoms with E-state index in [1.165, 1.54) is 0 Å². The molecule has 27 heavy (non-hydrogen) atoms. The van der Waals surface area contributed by atoms with Crippen LogP contribution in [0.3, 0.4) is 0 Å². The van der Waals surface area contributed by atoms with E-state index in [1.807, 2.05) is 59.9 Å². The van der Waals surface area contributed by atoms with E-state index >= 15 is 0 Å². The summed E-state index contributed by atoms with van der Waals surface area (Å²) in [5, 5.41) is 6.81. The molecule has 1 aromatic carbocycles. The van der Waals surface area contributed by atoms with Gasteiger partial charge in [-0.2, -0.15) is 4.98 Å². The molecule has 5 aromatic rings. The Kier molecular flexibility index (Phi) is 3.63. The summed E-state index contributed by atoms with van der Waals surface area (Å²) in [4.78, 5) is 9.10. The lowest BCUT2D eigenvalue weighted by Crippen LogP contribution is -1.86. The lowest BCUT2D eigenvalue weighted by Gasteiger charge is -1.96. The molecule has 6 nitrogen and oxygen atoms in total. The molecule has 0 aliphatic heterocycles. The third-order valence-corrected chi connectivity index (χ3v) is 5.30. The Morgan fingerprint density at radius 2 is 1.85 bits per heavy atom. The van der Waals surface area contributed by atoms with Gasteiger partial charge in [0.05, 0.1) is 5.56 Å². The van der Waals surface area contributed by atoms with Gasteiger partial charge in [-0.25, -0.2) is 4.98 Å². The van der Waals surface area contributed by atoms with E-state index in [4.69, 9.17) is 16.1 Å². The molecule has 134 valence electrons. The van der Waals surface area contributed by atoms with E-state index in [2.05, 4.69) is 31.1 Å². The molecule has 4 aromatic heterocycles. The monoisotopic (exact) mass is 441 g/mol. The first kappa shape index (κ1) is 16.5. The average molecular weight is 443 g/mol. The van der Waals surface area contributed by atoms with Gasteiger partial charge in [0.1, 0.15) is 5.65 Å². The maximum absolute atomic E-state index is 6.18. The first-order valence-electron chi connectivity index (χ1n) is 8.21. The van der Waals surface area contributed by atoms with E-state index in [-0.39, 0.29) is 0 Å². The maximum atomic E-state index is 6.18. The molecule has 0 bridgehead atoms. The number of benzene rings is 1. The van der Waals surface area contributed by atoms with Crippen LogP contribution in [0.15, 0.2) is 51.9 Å². The van der Waals surface area contributed by atoms with Crippen LogP contribution in [0.4, 0.5) is 0 Å². The average Bonchev–Trinajstić information content (AvgIpc) is 3.32. The van der Waals surface area contributed by atoms with Crippen LogP contribution in [0.2, 0.25) is 5.02 Å². The Morgan fingerprint density at radius 1 is 1.04 bits per heavy atom. The fourth-order valence-electron chi connectivity index (χ4n) is 3.39. The number of hydrogen-bond acceptors (Lipinski definition) is 4. The van der Waals surface area contributed by atoms with Gasteiger partial charge >= 0.3 is 0 Å². The largest absolute Gasteiger partial charge is 0.350 e. The minimum Gasteiger partial charge on any atom is -0.350 e. The molecular formula is C19H13BrClN5O. The van der Waals surface area contributed by atoms with Crippen LogP contribution in [0.1, 0.15) is 0 Å². The van der Waals surface area contributed by atoms with Crippen molar-refractivity contribution < 1.29 is 4.52 Å². The second kappa shape index (κ2) is 5.94. The van der Waals surface area contributed by atoms with E-state index in [9.17, 15) is 0 Å². The molecule has 0 fully saturated rings. The molecule has 0 saturated heterocycles. The molecule has 0 radical (unpaired) electrons. The summed E-state index contributed by atoms with van der Waals surface area (Å²) in [5.74, 6) is 0.979. The molecule has 0 N–H and O–H groups in total. The van der Waals surface area contributed by atoms with Gasteiger partial charge in [-0.05, 0) is 40.2 Å². The standard InChI is InChI=1S/C19H13BrClN5O/c1-25-8-14(12-6-11(21)3-4-16(12)25)17-23-19(27-24-17)15-9-26(2)18-13(15)5-10(20)7-22-18/h3-9H,1-2H3. The molecule has 0 unspecified atom stereocenters. The Morgan fingerprint density at radius 3 is 2.70 bits per heavy atom.